The third-order valence-electron chi connectivity index (χ3n) is 2.07. The summed E-state index contributed by atoms with van der Waals surface area (Å²) in [6.45, 7) is 11.2. The predicted octanol–water partition coefficient (Wildman–Crippen LogP) is 1.96. The van der Waals surface area contributed by atoms with E-state index >= 15 is 0 Å². The number of esters is 1. The van der Waals surface area contributed by atoms with Crippen LogP contribution in [0, 0.1) is 0 Å². The first-order valence-electron chi connectivity index (χ1n) is 6.86. The normalized spacial score (nSPS) is 13.6. The molecule has 0 fully saturated rings. The number of ether oxygens (including phenoxy) is 2. The molecule has 0 aromatic carbocycles. The van der Waals surface area contributed by atoms with Gasteiger partial charge in [-0.05, 0) is 54.4 Å². The molecule has 0 saturated heterocycles. The molecule has 0 aliphatic rings. The van der Waals surface area contributed by atoms with Crippen LogP contribution in [0.5, 0.6) is 0 Å². The van der Waals surface area contributed by atoms with Crippen molar-refractivity contribution in [1.29, 1.82) is 0 Å². The van der Waals surface area contributed by atoms with Gasteiger partial charge in [0.15, 0.2) is 0 Å². The zero-order chi connectivity index (χ0) is 16.0. The van der Waals surface area contributed by atoms with E-state index in [1.807, 2.05) is 0 Å². The summed E-state index contributed by atoms with van der Waals surface area (Å²) in [7, 11) is 0. The van der Waals surface area contributed by atoms with E-state index in [0.29, 0.717) is 19.4 Å². The maximum Gasteiger partial charge on any atom is 0.407 e. The van der Waals surface area contributed by atoms with Gasteiger partial charge in [-0.15, -0.1) is 0 Å². The van der Waals surface area contributed by atoms with Crippen LogP contribution in [-0.4, -0.2) is 35.9 Å². The predicted molar refractivity (Wildman–Crippen MR) is 77.3 cm³/mol. The molecule has 0 heterocycles. The van der Waals surface area contributed by atoms with Gasteiger partial charge < -0.3 is 20.5 Å². The fourth-order valence-electron chi connectivity index (χ4n) is 1.32. The van der Waals surface area contributed by atoms with Crippen molar-refractivity contribution in [3.05, 3.63) is 0 Å². The number of alkyl carbamates (subject to hydrolysis) is 1. The quantitative estimate of drug-likeness (QED) is 0.596. The minimum Gasteiger partial charge on any atom is -0.459 e. The van der Waals surface area contributed by atoms with Crippen molar-refractivity contribution in [1.82, 2.24) is 5.32 Å². The third-order valence-corrected chi connectivity index (χ3v) is 2.07. The molecule has 0 spiro atoms. The minimum atomic E-state index is -0.672. The number of nitrogens with two attached hydrogens (primary N) is 1. The molecule has 0 saturated carbocycles. The van der Waals surface area contributed by atoms with E-state index in [4.69, 9.17) is 15.2 Å². The molecule has 0 aromatic rings. The van der Waals surface area contributed by atoms with Crippen molar-refractivity contribution in [2.45, 2.75) is 71.6 Å². The molecule has 1 amide bonds. The van der Waals surface area contributed by atoms with Gasteiger partial charge in [-0.25, -0.2) is 4.79 Å². The second-order valence-corrected chi connectivity index (χ2v) is 6.71. The molecule has 0 radical (unpaired) electrons. The number of nitrogens with one attached hydrogen (secondary N) is 1. The van der Waals surface area contributed by atoms with Crippen LogP contribution >= 0.6 is 0 Å². The van der Waals surface area contributed by atoms with Gasteiger partial charge in [0, 0.05) is 6.54 Å². The van der Waals surface area contributed by atoms with Gasteiger partial charge in [0.1, 0.15) is 17.2 Å². The Labute approximate surface area is 121 Å². The Morgan fingerprint density at radius 3 is 2.00 bits per heavy atom. The number of amides is 1. The second-order valence-electron chi connectivity index (χ2n) is 6.71. The standard InChI is InChI=1S/C14H28N2O4/c1-13(2,3)19-11(17)10(15)8-7-9-16-12(18)20-14(4,5)6/h10H,7-9,15H2,1-6H3,(H,16,18)/t10-/m1/s1. The van der Waals surface area contributed by atoms with E-state index in [1.165, 1.54) is 0 Å². The van der Waals surface area contributed by atoms with Crippen LogP contribution in [0.1, 0.15) is 54.4 Å². The van der Waals surface area contributed by atoms with Gasteiger partial charge in [0.25, 0.3) is 0 Å². The van der Waals surface area contributed by atoms with Gasteiger partial charge in [-0.2, -0.15) is 0 Å². The molecule has 0 unspecified atom stereocenters. The zero-order valence-corrected chi connectivity index (χ0v) is 13.4. The molecule has 118 valence electrons. The van der Waals surface area contributed by atoms with Crippen molar-refractivity contribution in [2.24, 2.45) is 5.73 Å². The molecule has 0 aliphatic carbocycles. The molecule has 1 atom stereocenters. The largest absolute Gasteiger partial charge is 0.459 e. The zero-order valence-electron chi connectivity index (χ0n) is 13.4. The number of hydrogen-bond acceptors (Lipinski definition) is 5. The molecule has 0 bridgehead atoms. The smallest absolute Gasteiger partial charge is 0.407 e. The summed E-state index contributed by atoms with van der Waals surface area (Å²) in [6, 6.07) is -0.672. The lowest BCUT2D eigenvalue weighted by molar-refractivity contribution is -0.156. The molecule has 6 heteroatoms. The van der Waals surface area contributed by atoms with Gasteiger partial charge in [0.05, 0.1) is 0 Å². The fourth-order valence-corrected chi connectivity index (χ4v) is 1.32. The fraction of sp³-hybridized carbons (Fsp3) is 0.857. The average Bonchev–Trinajstić information content (AvgIpc) is 2.18. The van der Waals surface area contributed by atoms with Crippen LogP contribution in [-0.2, 0) is 14.3 Å². The van der Waals surface area contributed by atoms with Crippen LogP contribution in [0.3, 0.4) is 0 Å². The van der Waals surface area contributed by atoms with E-state index in [1.54, 1.807) is 41.5 Å². The molecular weight excluding hydrogens is 260 g/mol. The highest BCUT2D eigenvalue weighted by atomic mass is 16.6. The maximum absolute atomic E-state index is 11.6. The Morgan fingerprint density at radius 2 is 1.55 bits per heavy atom. The number of carbonyl (C=O) groups excluding carboxylic acids is 2. The summed E-state index contributed by atoms with van der Waals surface area (Å²) in [5.41, 5.74) is 4.67. The highest BCUT2D eigenvalue weighted by Gasteiger charge is 2.22. The summed E-state index contributed by atoms with van der Waals surface area (Å²) >= 11 is 0. The SMILES string of the molecule is CC(C)(C)OC(=O)NCCC[C@@H](N)C(=O)OC(C)(C)C. The summed E-state index contributed by atoms with van der Waals surface area (Å²) < 4.78 is 10.3. The molecule has 0 aromatic heterocycles. The van der Waals surface area contributed by atoms with E-state index < -0.39 is 29.3 Å². The third kappa shape index (κ3) is 10.6. The van der Waals surface area contributed by atoms with Crippen LogP contribution in [0.15, 0.2) is 0 Å². The summed E-state index contributed by atoms with van der Waals surface area (Å²) in [6.07, 6.45) is 0.563. The van der Waals surface area contributed by atoms with Crippen LogP contribution in [0.4, 0.5) is 4.79 Å². The Morgan fingerprint density at radius 1 is 1.05 bits per heavy atom. The monoisotopic (exact) mass is 288 g/mol. The lowest BCUT2D eigenvalue weighted by Gasteiger charge is -2.22. The van der Waals surface area contributed by atoms with E-state index in [9.17, 15) is 9.59 Å². The lowest BCUT2D eigenvalue weighted by atomic mass is 10.1. The van der Waals surface area contributed by atoms with Crippen molar-refractivity contribution in [2.75, 3.05) is 6.54 Å². The number of hydrogen-bond donors (Lipinski definition) is 2. The van der Waals surface area contributed by atoms with Gasteiger partial charge >= 0.3 is 12.1 Å². The highest BCUT2D eigenvalue weighted by Crippen LogP contribution is 2.09. The molecular formula is C14H28N2O4. The highest BCUT2D eigenvalue weighted by molar-refractivity contribution is 5.75. The molecule has 6 nitrogen and oxygen atoms in total. The van der Waals surface area contributed by atoms with Crippen molar-refractivity contribution in [3.8, 4) is 0 Å². The first-order valence-corrected chi connectivity index (χ1v) is 6.86. The van der Waals surface area contributed by atoms with Crippen molar-refractivity contribution >= 4 is 12.1 Å². The topological polar surface area (TPSA) is 90.6 Å². The van der Waals surface area contributed by atoms with E-state index in [0.717, 1.165) is 0 Å². The van der Waals surface area contributed by atoms with Crippen LogP contribution in [0.2, 0.25) is 0 Å². The van der Waals surface area contributed by atoms with Crippen LogP contribution < -0.4 is 11.1 Å². The molecule has 20 heavy (non-hydrogen) atoms. The van der Waals surface area contributed by atoms with E-state index in [-0.39, 0.29) is 0 Å². The first-order chi connectivity index (χ1) is 8.91. The Balaban J connectivity index is 3.85. The molecule has 0 rings (SSSR count). The minimum absolute atomic E-state index is 0.408. The summed E-state index contributed by atoms with van der Waals surface area (Å²) in [4.78, 5) is 23.0. The second kappa shape index (κ2) is 7.47. The number of carbonyl (C=O) groups is 2. The summed E-state index contributed by atoms with van der Waals surface area (Å²) in [5.74, 6) is -0.422. The van der Waals surface area contributed by atoms with Gasteiger partial charge in [-0.3, -0.25) is 4.79 Å². The maximum atomic E-state index is 11.6. The lowest BCUT2D eigenvalue weighted by Crippen LogP contribution is -2.38. The number of rotatable bonds is 5. The molecule has 3 N–H and O–H groups in total. The molecule has 0 aliphatic heterocycles. The van der Waals surface area contributed by atoms with Crippen molar-refractivity contribution < 1.29 is 19.1 Å². The van der Waals surface area contributed by atoms with Gasteiger partial charge in [-0.1, -0.05) is 0 Å². The Kier molecular flexibility index (Phi) is 6.99. The Hall–Kier alpha value is -1.30. The average molecular weight is 288 g/mol. The Bertz CT molecular complexity index is 329. The van der Waals surface area contributed by atoms with E-state index in [2.05, 4.69) is 5.32 Å². The summed E-state index contributed by atoms with van der Waals surface area (Å²) in [5, 5.41) is 2.61. The van der Waals surface area contributed by atoms with Crippen molar-refractivity contribution in [3.63, 3.8) is 0 Å². The van der Waals surface area contributed by atoms with Crippen LogP contribution in [0.25, 0.3) is 0 Å². The van der Waals surface area contributed by atoms with Gasteiger partial charge in [0.2, 0.25) is 0 Å². The first kappa shape index (κ1) is 18.7.